The minimum Gasteiger partial charge on any atom is -0.304 e. The molecule has 0 saturated carbocycles. The van der Waals surface area contributed by atoms with E-state index in [0.717, 1.165) is 5.69 Å². The van der Waals surface area contributed by atoms with Crippen molar-refractivity contribution in [2.45, 2.75) is 33.4 Å². The summed E-state index contributed by atoms with van der Waals surface area (Å²) in [5.74, 6) is 0.397. The third-order valence-corrected chi connectivity index (χ3v) is 3.97. The van der Waals surface area contributed by atoms with Crippen LogP contribution in [-0.4, -0.2) is 10.9 Å². The van der Waals surface area contributed by atoms with Crippen molar-refractivity contribution in [3.8, 4) is 0 Å². The predicted molar refractivity (Wildman–Crippen MR) is 87.3 cm³/mol. The summed E-state index contributed by atoms with van der Waals surface area (Å²) in [5, 5.41) is 8.88. The van der Waals surface area contributed by atoms with E-state index >= 15 is 0 Å². The van der Waals surface area contributed by atoms with Gasteiger partial charge < -0.3 is 10.6 Å². The Morgan fingerprint density at radius 3 is 2.62 bits per heavy atom. The van der Waals surface area contributed by atoms with Crippen molar-refractivity contribution in [3.63, 3.8) is 0 Å². The largest absolute Gasteiger partial charge is 0.304 e. The smallest absolute Gasteiger partial charge is 0.223 e. The van der Waals surface area contributed by atoms with Crippen LogP contribution in [0.2, 0.25) is 0 Å². The molecule has 21 heavy (non-hydrogen) atoms. The predicted octanol–water partition coefficient (Wildman–Crippen LogP) is 3.59. The molecule has 0 spiro atoms. The lowest BCUT2D eigenvalue weighted by Crippen LogP contribution is -2.25. The number of hydrogen-bond acceptors (Lipinski definition) is 4. The molecule has 0 saturated heterocycles. The standard InChI is InChI=1S/C16H21N3OS/c1-11(2)15(13-7-5-4-6-8-13)17-9-14-10-21-16(19-14)18-12(3)20/h4-8,10-11,15,17H,9H2,1-3H3,(H,18,19,20)/t15-/m0/s1. The van der Waals surface area contributed by atoms with Crippen LogP contribution in [0.3, 0.4) is 0 Å². The van der Waals surface area contributed by atoms with Gasteiger partial charge in [0.1, 0.15) is 0 Å². The van der Waals surface area contributed by atoms with Gasteiger partial charge in [-0.15, -0.1) is 11.3 Å². The zero-order valence-electron chi connectivity index (χ0n) is 12.6. The second-order valence-corrected chi connectivity index (χ2v) is 6.20. The first-order valence-corrected chi connectivity index (χ1v) is 7.94. The van der Waals surface area contributed by atoms with Crippen LogP contribution >= 0.6 is 11.3 Å². The number of amides is 1. The number of aromatic nitrogens is 1. The van der Waals surface area contributed by atoms with Crippen LogP contribution in [0.1, 0.15) is 38.1 Å². The molecule has 5 heteroatoms. The Hall–Kier alpha value is -1.72. The highest BCUT2D eigenvalue weighted by Gasteiger charge is 2.15. The van der Waals surface area contributed by atoms with Gasteiger partial charge in [-0.1, -0.05) is 44.2 Å². The van der Waals surface area contributed by atoms with Gasteiger partial charge in [-0.05, 0) is 11.5 Å². The molecule has 0 unspecified atom stereocenters. The number of thiazole rings is 1. The van der Waals surface area contributed by atoms with Gasteiger partial charge >= 0.3 is 0 Å². The first-order chi connectivity index (χ1) is 10.1. The van der Waals surface area contributed by atoms with Crippen LogP contribution in [0, 0.1) is 5.92 Å². The van der Waals surface area contributed by atoms with Crippen molar-refractivity contribution < 1.29 is 4.79 Å². The fourth-order valence-electron chi connectivity index (χ4n) is 2.21. The van der Waals surface area contributed by atoms with Gasteiger partial charge in [0.05, 0.1) is 5.69 Å². The second-order valence-electron chi connectivity index (χ2n) is 5.34. The van der Waals surface area contributed by atoms with Crippen LogP contribution in [0.4, 0.5) is 5.13 Å². The molecule has 0 aliphatic heterocycles. The van der Waals surface area contributed by atoms with E-state index in [2.05, 4.69) is 53.7 Å². The Bertz CT molecular complexity index is 580. The van der Waals surface area contributed by atoms with E-state index in [0.29, 0.717) is 17.6 Å². The average Bonchev–Trinajstić information content (AvgIpc) is 2.86. The van der Waals surface area contributed by atoms with E-state index < -0.39 is 0 Å². The molecular formula is C16H21N3OS. The van der Waals surface area contributed by atoms with Gasteiger partial charge in [-0.25, -0.2) is 4.98 Å². The highest BCUT2D eigenvalue weighted by Crippen LogP contribution is 2.22. The Morgan fingerprint density at radius 1 is 1.29 bits per heavy atom. The normalized spacial score (nSPS) is 12.4. The molecule has 4 nitrogen and oxygen atoms in total. The Morgan fingerprint density at radius 2 is 2.00 bits per heavy atom. The van der Waals surface area contributed by atoms with Crippen LogP contribution in [0.5, 0.6) is 0 Å². The molecule has 0 bridgehead atoms. The van der Waals surface area contributed by atoms with Gasteiger partial charge in [-0.2, -0.15) is 0 Å². The first kappa shape index (κ1) is 15.7. The summed E-state index contributed by atoms with van der Waals surface area (Å²) in [4.78, 5) is 15.4. The molecule has 0 aliphatic carbocycles. The third kappa shape index (κ3) is 4.65. The van der Waals surface area contributed by atoms with E-state index in [1.807, 2.05) is 11.4 Å². The maximum Gasteiger partial charge on any atom is 0.223 e. The van der Waals surface area contributed by atoms with Crippen LogP contribution in [0.15, 0.2) is 35.7 Å². The van der Waals surface area contributed by atoms with Gasteiger partial charge in [0, 0.05) is 24.9 Å². The lowest BCUT2D eigenvalue weighted by Gasteiger charge is -2.22. The third-order valence-electron chi connectivity index (χ3n) is 3.16. The summed E-state index contributed by atoms with van der Waals surface area (Å²) in [6.07, 6.45) is 0. The number of benzene rings is 1. The van der Waals surface area contributed by atoms with Gasteiger partial charge in [0.2, 0.25) is 5.91 Å². The summed E-state index contributed by atoms with van der Waals surface area (Å²) in [6, 6.07) is 10.7. The van der Waals surface area contributed by atoms with Crippen molar-refractivity contribution in [3.05, 3.63) is 47.0 Å². The Labute approximate surface area is 129 Å². The molecule has 0 fully saturated rings. The molecule has 0 radical (unpaired) electrons. The molecule has 112 valence electrons. The molecular weight excluding hydrogens is 282 g/mol. The van der Waals surface area contributed by atoms with E-state index in [9.17, 15) is 4.79 Å². The maximum atomic E-state index is 11.0. The Kier molecular flexibility index (Phi) is 5.47. The second kappa shape index (κ2) is 7.33. The molecule has 1 heterocycles. The van der Waals surface area contributed by atoms with E-state index in [1.165, 1.54) is 23.8 Å². The first-order valence-electron chi connectivity index (χ1n) is 7.06. The van der Waals surface area contributed by atoms with Crippen LogP contribution in [0.25, 0.3) is 0 Å². The van der Waals surface area contributed by atoms with E-state index in [4.69, 9.17) is 0 Å². The zero-order chi connectivity index (χ0) is 15.2. The Balaban J connectivity index is 1.99. The number of nitrogens with zero attached hydrogens (tertiary/aromatic N) is 1. The highest BCUT2D eigenvalue weighted by molar-refractivity contribution is 7.13. The van der Waals surface area contributed by atoms with Gasteiger partial charge in [0.15, 0.2) is 5.13 Å². The molecule has 1 amide bonds. The number of carbonyl (C=O) groups is 1. The van der Waals surface area contributed by atoms with Crippen molar-refractivity contribution in [1.82, 2.24) is 10.3 Å². The topological polar surface area (TPSA) is 54.0 Å². The highest BCUT2D eigenvalue weighted by atomic mass is 32.1. The quantitative estimate of drug-likeness (QED) is 0.857. The number of hydrogen-bond donors (Lipinski definition) is 2. The molecule has 2 N–H and O–H groups in total. The van der Waals surface area contributed by atoms with Crippen LogP contribution < -0.4 is 10.6 Å². The van der Waals surface area contributed by atoms with Crippen molar-refractivity contribution in [1.29, 1.82) is 0 Å². The van der Waals surface area contributed by atoms with Crippen molar-refractivity contribution >= 4 is 22.4 Å². The molecule has 1 aromatic carbocycles. The summed E-state index contributed by atoms with van der Waals surface area (Å²) < 4.78 is 0. The van der Waals surface area contributed by atoms with E-state index in [1.54, 1.807) is 0 Å². The lowest BCUT2D eigenvalue weighted by atomic mass is 9.96. The molecule has 1 atom stereocenters. The average molecular weight is 303 g/mol. The number of rotatable bonds is 6. The zero-order valence-corrected chi connectivity index (χ0v) is 13.4. The SMILES string of the molecule is CC(=O)Nc1nc(CN[C@H](c2ccccc2)C(C)C)cs1. The van der Waals surface area contributed by atoms with Crippen molar-refractivity contribution in [2.24, 2.45) is 5.92 Å². The van der Waals surface area contributed by atoms with E-state index in [-0.39, 0.29) is 11.9 Å². The maximum absolute atomic E-state index is 11.0. The molecule has 0 aliphatic rings. The monoisotopic (exact) mass is 303 g/mol. The van der Waals surface area contributed by atoms with Crippen molar-refractivity contribution in [2.75, 3.05) is 5.32 Å². The minimum atomic E-state index is -0.0896. The summed E-state index contributed by atoms with van der Waals surface area (Å²) >= 11 is 1.45. The molecule has 1 aromatic heterocycles. The fourth-order valence-corrected chi connectivity index (χ4v) is 2.97. The summed E-state index contributed by atoms with van der Waals surface area (Å²) in [5.41, 5.74) is 2.23. The number of nitrogens with one attached hydrogen (secondary N) is 2. The number of carbonyl (C=O) groups excluding carboxylic acids is 1. The van der Waals surface area contributed by atoms with Crippen LogP contribution in [-0.2, 0) is 11.3 Å². The summed E-state index contributed by atoms with van der Waals surface area (Å²) in [7, 11) is 0. The van der Waals surface area contributed by atoms with Gasteiger partial charge in [0.25, 0.3) is 0 Å². The molecule has 2 aromatic rings. The molecule has 2 rings (SSSR count). The minimum absolute atomic E-state index is 0.0896. The summed E-state index contributed by atoms with van der Waals surface area (Å²) in [6.45, 7) is 6.58. The number of anilines is 1. The fraction of sp³-hybridized carbons (Fsp3) is 0.375. The van der Waals surface area contributed by atoms with Gasteiger partial charge in [-0.3, -0.25) is 4.79 Å². The lowest BCUT2D eigenvalue weighted by molar-refractivity contribution is -0.114.